The lowest BCUT2D eigenvalue weighted by atomic mass is 9.96. The first kappa shape index (κ1) is 26.0. The number of nitrogens with two attached hydrogens (primary N) is 1. The van der Waals surface area contributed by atoms with E-state index in [2.05, 4.69) is 95.9 Å². The highest BCUT2D eigenvalue weighted by molar-refractivity contribution is 7.10. The summed E-state index contributed by atoms with van der Waals surface area (Å²) in [7, 11) is 0. The Labute approximate surface area is 225 Å². The van der Waals surface area contributed by atoms with Crippen LogP contribution < -0.4 is 16.0 Å². The molecule has 0 unspecified atom stereocenters. The van der Waals surface area contributed by atoms with Crippen molar-refractivity contribution >= 4 is 22.9 Å². The topological polar surface area (TPSA) is 61.6 Å². The van der Waals surface area contributed by atoms with E-state index in [9.17, 15) is 4.79 Å². The smallest absolute Gasteiger partial charge is 0.234 e. The molecular formula is C31H40N4OS. The zero-order valence-electron chi connectivity index (χ0n) is 22.3. The molecule has 37 heavy (non-hydrogen) atoms. The molecule has 1 saturated carbocycles. The number of carbonyl (C=O) groups excluding carboxylic acids is 1. The summed E-state index contributed by atoms with van der Waals surface area (Å²) in [6, 6.07) is 20.3. The van der Waals surface area contributed by atoms with E-state index in [0.717, 1.165) is 31.1 Å². The van der Waals surface area contributed by atoms with Crippen molar-refractivity contribution in [2.75, 3.05) is 31.1 Å². The molecule has 2 fully saturated rings. The van der Waals surface area contributed by atoms with Gasteiger partial charge in [-0.05, 0) is 77.9 Å². The zero-order valence-corrected chi connectivity index (χ0v) is 23.1. The van der Waals surface area contributed by atoms with Gasteiger partial charge in [0.15, 0.2) is 0 Å². The van der Waals surface area contributed by atoms with Crippen molar-refractivity contribution in [2.24, 2.45) is 11.7 Å². The van der Waals surface area contributed by atoms with Crippen LogP contribution in [-0.4, -0.2) is 49.1 Å². The third kappa shape index (κ3) is 6.25. The third-order valence-corrected chi connectivity index (χ3v) is 8.85. The Morgan fingerprint density at radius 2 is 1.59 bits per heavy atom. The van der Waals surface area contributed by atoms with E-state index in [4.69, 9.17) is 5.73 Å². The van der Waals surface area contributed by atoms with E-state index in [1.165, 1.54) is 53.2 Å². The molecule has 3 N–H and O–H groups in total. The first-order valence-electron chi connectivity index (χ1n) is 13.7. The molecule has 0 spiro atoms. The van der Waals surface area contributed by atoms with Crippen LogP contribution >= 0.6 is 11.3 Å². The summed E-state index contributed by atoms with van der Waals surface area (Å²) in [5, 5.41) is 5.70. The number of aryl methyl sites for hydroxylation is 1. The average Bonchev–Trinajstić information content (AvgIpc) is 3.67. The fourth-order valence-corrected chi connectivity index (χ4v) is 6.47. The minimum Gasteiger partial charge on any atom is -0.369 e. The number of hydrogen-bond donors (Lipinski definition) is 2. The predicted molar refractivity (Wildman–Crippen MR) is 155 cm³/mol. The molecule has 3 aromatic rings. The highest BCUT2D eigenvalue weighted by Crippen LogP contribution is 2.33. The Morgan fingerprint density at radius 3 is 2.11 bits per heavy atom. The summed E-state index contributed by atoms with van der Waals surface area (Å²) < 4.78 is 0. The third-order valence-electron chi connectivity index (χ3n) is 7.77. The van der Waals surface area contributed by atoms with Crippen molar-refractivity contribution in [3.05, 3.63) is 76.0 Å². The molecule has 1 amide bonds. The van der Waals surface area contributed by atoms with Crippen LogP contribution in [0.2, 0.25) is 0 Å². The largest absolute Gasteiger partial charge is 0.369 e. The van der Waals surface area contributed by atoms with Crippen LogP contribution in [-0.2, 0) is 4.79 Å². The van der Waals surface area contributed by atoms with Crippen LogP contribution in [0.4, 0.5) is 5.69 Å². The second-order valence-corrected chi connectivity index (χ2v) is 12.0. The first-order chi connectivity index (χ1) is 17.9. The highest BCUT2D eigenvalue weighted by atomic mass is 32.1. The van der Waals surface area contributed by atoms with Gasteiger partial charge in [0, 0.05) is 42.8 Å². The number of anilines is 1. The summed E-state index contributed by atoms with van der Waals surface area (Å²) in [4.78, 5) is 18.6. The number of thiophene rings is 1. The number of benzene rings is 2. The van der Waals surface area contributed by atoms with Gasteiger partial charge in [-0.3, -0.25) is 15.0 Å². The number of amides is 1. The van der Waals surface area contributed by atoms with Gasteiger partial charge in [0.25, 0.3) is 0 Å². The Kier molecular flexibility index (Phi) is 7.98. The van der Waals surface area contributed by atoms with Crippen molar-refractivity contribution in [1.29, 1.82) is 0 Å². The fourth-order valence-electron chi connectivity index (χ4n) is 5.46. The molecule has 196 valence electrons. The fraction of sp³-hybridized carbons (Fsp3) is 0.452. The summed E-state index contributed by atoms with van der Waals surface area (Å²) in [5.74, 6) is 0.0843. The molecule has 5 rings (SSSR count). The lowest BCUT2D eigenvalue weighted by Gasteiger charge is -2.36. The maximum absolute atomic E-state index is 12.2. The van der Waals surface area contributed by atoms with Gasteiger partial charge in [0.1, 0.15) is 0 Å². The lowest BCUT2D eigenvalue weighted by molar-refractivity contribution is -0.120. The number of rotatable bonds is 10. The van der Waals surface area contributed by atoms with Gasteiger partial charge in [-0.15, -0.1) is 11.3 Å². The van der Waals surface area contributed by atoms with Crippen molar-refractivity contribution in [3.8, 4) is 11.1 Å². The number of nitrogens with one attached hydrogen (secondary N) is 1. The van der Waals surface area contributed by atoms with Gasteiger partial charge in [-0.2, -0.15) is 0 Å². The van der Waals surface area contributed by atoms with Gasteiger partial charge in [0.2, 0.25) is 5.91 Å². The van der Waals surface area contributed by atoms with Gasteiger partial charge in [-0.25, -0.2) is 0 Å². The number of nitrogens with zero attached hydrogens (tertiary/aromatic N) is 2. The van der Waals surface area contributed by atoms with Gasteiger partial charge < -0.3 is 10.6 Å². The number of primary amides is 1. The second kappa shape index (κ2) is 11.4. The molecule has 1 aliphatic carbocycles. The molecule has 5 nitrogen and oxygen atoms in total. The van der Waals surface area contributed by atoms with Crippen LogP contribution in [0.5, 0.6) is 0 Å². The van der Waals surface area contributed by atoms with Gasteiger partial charge in [-0.1, -0.05) is 50.2 Å². The van der Waals surface area contributed by atoms with Crippen LogP contribution in [0.25, 0.3) is 11.1 Å². The molecule has 1 aromatic heterocycles. The highest BCUT2D eigenvalue weighted by Gasteiger charge is 2.31. The Bertz CT molecular complexity index is 1170. The zero-order chi connectivity index (χ0) is 25.9. The molecule has 2 heterocycles. The van der Waals surface area contributed by atoms with E-state index in [0.29, 0.717) is 5.92 Å². The van der Waals surface area contributed by atoms with E-state index in [1.54, 1.807) is 11.3 Å². The van der Waals surface area contributed by atoms with Gasteiger partial charge >= 0.3 is 0 Å². The average molecular weight is 517 g/mol. The quantitative estimate of drug-likeness (QED) is 0.369. The maximum Gasteiger partial charge on any atom is 0.234 e. The summed E-state index contributed by atoms with van der Waals surface area (Å²) in [5.41, 5.74) is 11.9. The summed E-state index contributed by atoms with van der Waals surface area (Å²) in [6.07, 6.45) is 3.50. The SMILES string of the molecule is Cc1ccsc1[C@@H](N[C@@H](CC(C)C)C(N)=O)c1ccc(-c2ccc(N3CCN(C4CC4)CC3)cc2)cc1. The number of piperazine rings is 1. The maximum atomic E-state index is 12.2. The molecule has 2 atom stereocenters. The van der Waals surface area contributed by atoms with Crippen LogP contribution in [0.3, 0.4) is 0 Å². The van der Waals surface area contributed by atoms with Crippen LogP contribution in [0, 0.1) is 12.8 Å². The minimum atomic E-state index is -0.370. The molecule has 6 heteroatoms. The Hall–Kier alpha value is -2.67. The van der Waals surface area contributed by atoms with E-state index < -0.39 is 0 Å². The van der Waals surface area contributed by atoms with E-state index >= 15 is 0 Å². The number of hydrogen-bond acceptors (Lipinski definition) is 5. The molecule has 0 bridgehead atoms. The van der Waals surface area contributed by atoms with Crippen LogP contribution in [0.1, 0.15) is 55.2 Å². The molecular weight excluding hydrogens is 476 g/mol. The Balaban J connectivity index is 1.31. The standard InChI is InChI=1S/C31H40N4OS/c1-21(2)20-28(31(32)36)33-29(30-22(3)14-19-37-30)25-6-4-23(5-7-25)24-8-10-26(11-9-24)34-15-17-35(18-16-34)27-12-13-27/h4-11,14,19,21,27-29,33H,12-13,15-18,20H2,1-3H3,(H2,32,36)/t28-,29-/m0/s1. The monoisotopic (exact) mass is 516 g/mol. The number of carbonyl (C=O) groups is 1. The van der Waals surface area contributed by atoms with Crippen LogP contribution in [0.15, 0.2) is 60.0 Å². The first-order valence-corrected chi connectivity index (χ1v) is 14.6. The van der Waals surface area contributed by atoms with Crippen molar-refractivity contribution < 1.29 is 4.79 Å². The van der Waals surface area contributed by atoms with Crippen molar-refractivity contribution in [3.63, 3.8) is 0 Å². The minimum absolute atomic E-state index is 0.0676. The van der Waals surface area contributed by atoms with Gasteiger partial charge in [0.05, 0.1) is 12.1 Å². The molecule has 2 aliphatic rings. The summed E-state index contributed by atoms with van der Waals surface area (Å²) >= 11 is 1.72. The van der Waals surface area contributed by atoms with E-state index in [1.807, 2.05) is 0 Å². The second-order valence-electron chi connectivity index (χ2n) is 11.1. The van der Waals surface area contributed by atoms with Crippen molar-refractivity contribution in [1.82, 2.24) is 10.2 Å². The molecule has 0 radical (unpaired) electrons. The van der Waals surface area contributed by atoms with Crippen molar-refractivity contribution in [2.45, 2.75) is 58.2 Å². The van der Waals surface area contributed by atoms with E-state index in [-0.39, 0.29) is 18.0 Å². The Morgan fingerprint density at radius 1 is 0.973 bits per heavy atom. The molecule has 1 saturated heterocycles. The normalized spacial score (nSPS) is 18.2. The predicted octanol–water partition coefficient (Wildman–Crippen LogP) is 5.59. The molecule has 2 aromatic carbocycles. The summed E-state index contributed by atoms with van der Waals surface area (Å²) in [6.45, 7) is 11.0. The lowest BCUT2D eigenvalue weighted by Crippen LogP contribution is -2.47. The molecule has 1 aliphatic heterocycles.